The molecule has 10 nitrogen and oxygen atoms in total. The summed E-state index contributed by atoms with van der Waals surface area (Å²) in [5, 5.41) is 14.8. The average molecular weight is 390 g/mol. The first-order valence-electron chi connectivity index (χ1n) is 5.29. The second-order valence-corrected chi connectivity index (χ2v) is 4.44. The van der Waals surface area contributed by atoms with Crippen molar-refractivity contribution in [3.63, 3.8) is 0 Å². The molecule has 2 N–H and O–H groups in total. The summed E-state index contributed by atoms with van der Waals surface area (Å²) in [6.45, 7) is 5.56. The summed E-state index contributed by atoms with van der Waals surface area (Å²) in [6.07, 6.45) is 0. The van der Waals surface area contributed by atoms with Crippen LogP contribution in [0.1, 0.15) is 34.6 Å². The van der Waals surface area contributed by atoms with Crippen LogP contribution in [0.2, 0.25) is 0 Å². The van der Waals surface area contributed by atoms with Crippen molar-refractivity contribution in [2.75, 3.05) is 0 Å². The van der Waals surface area contributed by atoms with Crippen molar-refractivity contribution in [3.8, 4) is 0 Å². The molecule has 0 amide bonds. The molecule has 122 valence electrons. The summed E-state index contributed by atoms with van der Waals surface area (Å²) in [7, 11) is 0. The monoisotopic (exact) mass is 388 g/mol. The molecule has 22 heavy (non-hydrogen) atoms. The maximum atomic E-state index is 10.4. The molecule has 0 aliphatic rings. The van der Waals surface area contributed by atoms with Crippen LogP contribution in [0.5, 0.6) is 0 Å². The van der Waals surface area contributed by atoms with Crippen molar-refractivity contribution in [3.05, 3.63) is 0 Å². The van der Waals surface area contributed by atoms with Gasteiger partial charge in [0.05, 0.1) is 0 Å². The van der Waals surface area contributed by atoms with Crippen LogP contribution in [0.15, 0.2) is 0 Å². The van der Waals surface area contributed by atoms with Gasteiger partial charge in [-0.15, -0.1) is 0 Å². The molecule has 0 fully saturated rings. The molecule has 0 heterocycles. The van der Waals surface area contributed by atoms with E-state index in [0.29, 0.717) is 0 Å². The Morgan fingerprint density at radius 1 is 0.636 bits per heavy atom. The van der Waals surface area contributed by atoms with Gasteiger partial charge in [0, 0.05) is 54.1 Å². The second-order valence-electron chi connectivity index (χ2n) is 3.16. The molecule has 0 aromatic carbocycles. The number of carboxylic acid groups (broad SMARTS) is 2. The molecule has 0 aromatic rings. The average Bonchev–Trinajstić information content (AvgIpc) is 2.10. The fourth-order valence-corrected chi connectivity index (χ4v) is 1.44. The number of carbonyl (C=O) groups excluding carboxylic acids is 3. The summed E-state index contributed by atoms with van der Waals surface area (Å²) in [5.41, 5.74) is 0. The Labute approximate surface area is 144 Å². The predicted molar refractivity (Wildman–Crippen MR) is 67.7 cm³/mol. The summed E-state index contributed by atoms with van der Waals surface area (Å²) < 4.78 is 13.5. The summed E-state index contributed by atoms with van der Waals surface area (Å²) in [6, 6.07) is 0. The molecule has 0 bridgehead atoms. The zero-order valence-corrected chi connectivity index (χ0v) is 17.1. The maximum Gasteiger partial charge on any atom is 1.20 e. The smallest absolute Gasteiger partial charge is 0.551 e. The molecule has 0 aliphatic heterocycles. The third-order valence-electron chi connectivity index (χ3n) is 0.787. The normalized spacial score (nSPS) is 7.32. The van der Waals surface area contributed by atoms with Gasteiger partial charge in [0.25, 0.3) is 29.8 Å². The maximum absolute atomic E-state index is 10.4. The van der Waals surface area contributed by atoms with Crippen LogP contribution in [0, 0.1) is 0 Å². The van der Waals surface area contributed by atoms with E-state index < -0.39 is 45.0 Å². The zero-order valence-electron chi connectivity index (χ0n) is 12.9. The van der Waals surface area contributed by atoms with Crippen LogP contribution in [-0.2, 0) is 54.8 Å². The number of rotatable bonds is 3. The molecule has 0 spiro atoms. The Morgan fingerprint density at radius 2 is 0.773 bits per heavy atom. The number of carbonyl (C=O) groups is 5. The molecule has 0 atom stereocenters. The van der Waals surface area contributed by atoms with Gasteiger partial charge in [-0.2, -0.15) is 0 Å². The molecule has 0 unspecified atom stereocenters. The van der Waals surface area contributed by atoms with Crippen molar-refractivity contribution in [1.82, 2.24) is 0 Å². The van der Waals surface area contributed by atoms with Gasteiger partial charge >= 0.3 is 15.1 Å². The Balaban J connectivity index is -0.000000150. The van der Waals surface area contributed by atoms with Crippen LogP contribution in [0.4, 0.5) is 0 Å². The quantitative estimate of drug-likeness (QED) is 0.622. The summed E-state index contributed by atoms with van der Waals surface area (Å²) >= 11 is -2.96. The molecule has 0 aromatic heterocycles. The molecule has 0 radical (unpaired) electrons. The zero-order chi connectivity index (χ0) is 17.6. The van der Waals surface area contributed by atoms with Gasteiger partial charge in [-0.3, -0.25) is 24.0 Å². The minimum Gasteiger partial charge on any atom is -0.551 e. The number of carboxylic acids is 2. The molecule has 0 saturated carbocycles. The van der Waals surface area contributed by atoms with Crippen LogP contribution >= 0.6 is 0 Å². The third-order valence-corrected chi connectivity index (χ3v) is 2.36. The van der Waals surface area contributed by atoms with Crippen LogP contribution in [-0.4, -0.2) is 55.2 Å². The van der Waals surface area contributed by atoms with Gasteiger partial charge < -0.3 is 21.6 Å². The first-order valence-corrected chi connectivity index (χ1v) is 6.70. The van der Waals surface area contributed by atoms with Crippen molar-refractivity contribution in [1.29, 1.82) is 0 Å². The van der Waals surface area contributed by atoms with Gasteiger partial charge in [0.15, 0.2) is 0 Å². The molecular weight excluding hydrogens is 372 g/mol. The van der Waals surface area contributed by atoms with E-state index in [2.05, 4.69) is 11.4 Å². The van der Waals surface area contributed by atoms with Crippen molar-refractivity contribution >= 4 is 45.0 Å². The van der Waals surface area contributed by atoms with E-state index in [4.69, 9.17) is 19.8 Å². The van der Waals surface area contributed by atoms with Gasteiger partial charge in [-0.25, -0.2) is 0 Å². The van der Waals surface area contributed by atoms with E-state index in [9.17, 15) is 14.4 Å². The van der Waals surface area contributed by atoms with E-state index in [1.54, 1.807) is 0 Å². The number of hydrogen-bond donors (Lipinski definition) is 2. The fraction of sp³-hybridized carbons (Fsp3) is 0.500. The fourth-order valence-electron chi connectivity index (χ4n) is 0.479. The minimum absolute atomic E-state index is 0. The molecule has 0 saturated heterocycles. The Hall–Kier alpha value is -1.49. The van der Waals surface area contributed by atoms with Crippen molar-refractivity contribution in [2.45, 2.75) is 34.6 Å². The topological polar surface area (TPSA) is 153 Å². The Kier molecular flexibility index (Phi) is 22.9. The van der Waals surface area contributed by atoms with E-state index in [-0.39, 0.29) is 19.5 Å². The van der Waals surface area contributed by atoms with Crippen LogP contribution in [0.25, 0.3) is 0 Å². The minimum atomic E-state index is -2.96. The predicted octanol–water partition coefficient (Wildman–Crippen LogP) is -0.160. The van der Waals surface area contributed by atoms with Crippen LogP contribution in [0.3, 0.4) is 0 Å². The second kappa shape index (κ2) is 17.6. The molecular formula is C10H17AlO10Zn. The largest absolute Gasteiger partial charge is 1.20 e. The van der Waals surface area contributed by atoms with Crippen LogP contribution < -0.4 is 0 Å². The first kappa shape index (κ1) is 28.6. The van der Waals surface area contributed by atoms with Gasteiger partial charge in [0.1, 0.15) is 0 Å². The Bertz CT molecular complexity index is 326. The molecule has 12 heteroatoms. The van der Waals surface area contributed by atoms with E-state index >= 15 is 0 Å². The SMILES string of the molecule is CC(=O)O.CC(=O)O.CC(=O)[O][Al]([O]C(C)=O)[O]C(C)=O.[Zn]. The van der Waals surface area contributed by atoms with Crippen molar-refractivity contribution in [2.24, 2.45) is 0 Å². The molecule has 0 aliphatic carbocycles. The summed E-state index contributed by atoms with van der Waals surface area (Å²) in [4.78, 5) is 49.3. The van der Waals surface area contributed by atoms with E-state index in [1.165, 1.54) is 0 Å². The first-order chi connectivity index (χ1) is 9.38. The van der Waals surface area contributed by atoms with E-state index in [0.717, 1.165) is 34.6 Å². The van der Waals surface area contributed by atoms with Gasteiger partial charge in [-0.05, 0) is 0 Å². The summed E-state index contributed by atoms with van der Waals surface area (Å²) in [5.74, 6) is -3.63. The number of hydrogen-bond acceptors (Lipinski definition) is 8. The Morgan fingerprint density at radius 3 is 0.864 bits per heavy atom. The van der Waals surface area contributed by atoms with Crippen molar-refractivity contribution < 1.29 is 65.0 Å². The molecule has 0 rings (SSSR count). The standard InChI is InChI=1S/5C2H4O2.Al.Zn/c5*1-2(3)4;;/h5*1H3,(H,3,4);;/q;;;;;+3;/p-3. The van der Waals surface area contributed by atoms with Gasteiger partial charge in [0.2, 0.25) is 0 Å². The third kappa shape index (κ3) is 51.4. The van der Waals surface area contributed by atoms with Gasteiger partial charge in [-0.1, -0.05) is 0 Å². The van der Waals surface area contributed by atoms with E-state index in [1.807, 2.05) is 0 Å². The number of aliphatic carboxylic acids is 2.